The van der Waals surface area contributed by atoms with Gasteiger partial charge in [0.2, 0.25) is 0 Å². The van der Waals surface area contributed by atoms with Crippen molar-refractivity contribution in [1.82, 2.24) is 0 Å². The number of hydrogen-bond donors (Lipinski definition) is 0. The van der Waals surface area contributed by atoms with Gasteiger partial charge in [-0.05, 0) is 0 Å². The van der Waals surface area contributed by atoms with E-state index in [1.54, 1.807) is 0 Å². The molecule has 0 saturated carbocycles. The van der Waals surface area contributed by atoms with E-state index in [4.69, 9.17) is 9.47 Å². The second kappa shape index (κ2) is 6.30. The fraction of sp³-hybridized carbons (Fsp3) is 0.562. The molecule has 0 radical (unpaired) electrons. The summed E-state index contributed by atoms with van der Waals surface area (Å²) in [5, 5.41) is 0. The van der Waals surface area contributed by atoms with Crippen molar-refractivity contribution in [2.45, 2.75) is 43.7 Å². The third-order valence-electron chi connectivity index (χ3n) is 3.77. The Kier molecular flexibility index (Phi) is 4.90. The standard InChI is InChI=1S/C16H22O3Se/c1-5-12-14(20-11-9-7-6-8-10-11)13(15(17)18-4)16(2,3)19-12/h6-10,12-14H,5H2,1-4H3/t12-,13-,14-/m1/s1. The van der Waals surface area contributed by atoms with Crippen molar-refractivity contribution in [1.29, 1.82) is 0 Å². The zero-order chi connectivity index (χ0) is 14.8. The van der Waals surface area contributed by atoms with Crippen LogP contribution < -0.4 is 4.46 Å². The fourth-order valence-corrected chi connectivity index (χ4v) is 6.17. The van der Waals surface area contributed by atoms with Crippen LogP contribution in [0.1, 0.15) is 27.2 Å². The van der Waals surface area contributed by atoms with Crippen LogP contribution >= 0.6 is 0 Å². The molecule has 1 saturated heterocycles. The monoisotopic (exact) mass is 342 g/mol. The summed E-state index contributed by atoms with van der Waals surface area (Å²) in [4.78, 5) is 12.4. The van der Waals surface area contributed by atoms with Crippen molar-refractivity contribution >= 4 is 25.4 Å². The Bertz CT molecular complexity index is 458. The summed E-state index contributed by atoms with van der Waals surface area (Å²) < 4.78 is 12.5. The van der Waals surface area contributed by atoms with E-state index in [-0.39, 0.29) is 37.8 Å². The number of hydrogen-bond acceptors (Lipinski definition) is 3. The minimum atomic E-state index is -0.449. The number of carbonyl (C=O) groups excluding carboxylic acids is 1. The molecule has 3 nitrogen and oxygen atoms in total. The van der Waals surface area contributed by atoms with E-state index in [1.165, 1.54) is 11.6 Å². The molecule has 0 N–H and O–H groups in total. The van der Waals surface area contributed by atoms with Crippen molar-refractivity contribution < 1.29 is 14.3 Å². The summed E-state index contributed by atoms with van der Waals surface area (Å²) in [6, 6.07) is 10.4. The van der Waals surface area contributed by atoms with E-state index in [9.17, 15) is 4.79 Å². The molecule has 1 fully saturated rings. The van der Waals surface area contributed by atoms with Gasteiger partial charge in [-0.1, -0.05) is 0 Å². The van der Waals surface area contributed by atoms with E-state index < -0.39 is 5.60 Å². The van der Waals surface area contributed by atoms with Gasteiger partial charge < -0.3 is 0 Å². The number of benzene rings is 1. The molecule has 4 heteroatoms. The number of rotatable bonds is 4. The molecule has 20 heavy (non-hydrogen) atoms. The summed E-state index contributed by atoms with van der Waals surface area (Å²) in [6.45, 7) is 6.12. The van der Waals surface area contributed by atoms with Crippen molar-refractivity contribution in [3.8, 4) is 0 Å². The molecule has 1 aliphatic heterocycles. The van der Waals surface area contributed by atoms with Crippen LogP contribution in [0.3, 0.4) is 0 Å². The van der Waals surface area contributed by atoms with E-state index >= 15 is 0 Å². The van der Waals surface area contributed by atoms with Gasteiger partial charge >= 0.3 is 127 Å². The van der Waals surface area contributed by atoms with E-state index in [2.05, 4.69) is 19.1 Å². The van der Waals surface area contributed by atoms with Crippen LogP contribution in [0.5, 0.6) is 0 Å². The molecule has 2 rings (SSSR count). The molecule has 0 unspecified atom stereocenters. The number of esters is 1. The third kappa shape index (κ3) is 3.08. The van der Waals surface area contributed by atoms with Crippen molar-refractivity contribution in [2.75, 3.05) is 7.11 Å². The zero-order valence-electron chi connectivity index (χ0n) is 12.5. The Morgan fingerprint density at radius 2 is 2.00 bits per heavy atom. The van der Waals surface area contributed by atoms with Gasteiger partial charge in [0, 0.05) is 0 Å². The molecule has 0 bridgehead atoms. The Balaban J connectivity index is 2.27. The molecule has 0 aliphatic carbocycles. The SMILES string of the molecule is CC[C@H]1OC(C)(C)[C@@H](C(=O)OC)[C@@H]1[Se]c1ccccc1. The average molecular weight is 341 g/mol. The topological polar surface area (TPSA) is 35.5 Å². The van der Waals surface area contributed by atoms with Gasteiger partial charge in [0.25, 0.3) is 0 Å². The molecule has 1 aromatic carbocycles. The maximum atomic E-state index is 12.2. The summed E-state index contributed by atoms with van der Waals surface area (Å²) in [7, 11) is 1.46. The van der Waals surface area contributed by atoms with Gasteiger partial charge in [-0.15, -0.1) is 0 Å². The summed E-state index contributed by atoms with van der Waals surface area (Å²) in [5.74, 6) is -0.327. The van der Waals surface area contributed by atoms with Gasteiger partial charge in [0.05, 0.1) is 0 Å². The van der Waals surface area contributed by atoms with Crippen LogP contribution in [0.25, 0.3) is 0 Å². The third-order valence-corrected chi connectivity index (χ3v) is 6.69. The zero-order valence-corrected chi connectivity index (χ0v) is 14.2. The summed E-state index contributed by atoms with van der Waals surface area (Å²) in [6.07, 6.45) is 1.06. The number of ether oxygens (including phenoxy) is 2. The van der Waals surface area contributed by atoms with E-state index in [0.717, 1.165) is 6.42 Å². The fourth-order valence-electron chi connectivity index (χ4n) is 2.80. The molecule has 1 aliphatic rings. The molecule has 1 heterocycles. The molecule has 0 spiro atoms. The normalized spacial score (nSPS) is 28.3. The number of methoxy groups -OCH3 is 1. The molecule has 0 aromatic heterocycles. The molecular formula is C16H22O3Se. The van der Waals surface area contributed by atoms with E-state index in [0.29, 0.717) is 0 Å². The van der Waals surface area contributed by atoms with Gasteiger partial charge in [0.1, 0.15) is 0 Å². The predicted octanol–water partition coefficient (Wildman–Crippen LogP) is 2.18. The second-order valence-corrected chi connectivity index (χ2v) is 8.19. The van der Waals surface area contributed by atoms with Crippen LogP contribution in [-0.2, 0) is 14.3 Å². The van der Waals surface area contributed by atoms with Gasteiger partial charge in [-0.3, -0.25) is 0 Å². The molecule has 0 amide bonds. The van der Waals surface area contributed by atoms with Crippen LogP contribution in [0.15, 0.2) is 30.3 Å². The van der Waals surface area contributed by atoms with Crippen molar-refractivity contribution in [2.24, 2.45) is 5.92 Å². The first kappa shape index (κ1) is 15.6. The van der Waals surface area contributed by atoms with Crippen LogP contribution in [0.2, 0.25) is 4.82 Å². The second-order valence-electron chi connectivity index (χ2n) is 5.56. The molecule has 1 aromatic rings. The van der Waals surface area contributed by atoms with Crippen molar-refractivity contribution in [3.63, 3.8) is 0 Å². The van der Waals surface area contributed by atoms with Gasteiger partial charge in [0.15, 0.2) is 0 Å². The summed E-state index contributed by atoms with van der Waals surface area (Å²) in [5.41, 5.74) is -0.449. The van der Waals surface area contributed by atoms with Crippen LogP contribution in [0, 0.1) is 5.92 Å². The molecular weight excluding hydrogens is 319 g/mol. The Morgan fingerprint density at radius 3 is 2.55 bits per heavy atom. The first-order chi connectivity index (χ1) is 9.49. The Morgan fingerprint density at radius 1 is 1.35 bits per heavy atom. The van der Waals surface area contributed by atoms with Crippen LogP contribution in [0.4, 0.5) is 0 Å². The predicted molar refractivity (Wildman–Crippen MR) is 80.3 cm³/mol. The molecule has 3 atom stereocenters. The van der Waals surface area contributed by atoms with Gasteiger partial charge in [-0.25, -0.2) is 0 Å². The van der Waals surface area contributed by atoms with Crippen molar-refractivity contribution in [3.05, 3.63) is 30.3 Å². The quantitative estimate of drug-likeness (QED) is 0.622. The number of carbonyl (C=O) groups is 1. The molecule has 110 valence electrons. The first-order valence-corrected chi connectivity index (χ1v) is 8.81. The maximum absolute atomic E-state index is 12.2. The minimum absolute atomic E-state index is 0.134. The Labute approximate surface area is 127 Å². The Hall–Kier alpha value is -0.831. The van der Waals surface area contributed by atoms with Gasteiger partial charge in [-0.2, -0.15) is 0 Å². The summed E-state index contributed by atoms with van der Waals surface area (Å²) >= 11 is 0.203. The first-order valence-electron chi connectivity index (χ1n) is 6.97. The van der Waals surface area contributed by atoms with Crippen LogP contribution in [-0.4, -0.2) is 39.7 Å². The van der Waals surface area contributed by atoms with E-state index in [1.807, 2.05) is 32.0 Å². The average Bonchev–Trinajstić information content (AvgIpc) is 2.69.